The van der Waals surface area contributed by atoms with Crippen molar-refractivity contribution in [3.05, 3.63) is 80.4 Å². The number of furan rings is 1. The number of thioether (sulfide) groups is 1. The number of aryl methyl sites for hydroxylation is 2. The zero-order chi connectivity index (χ0) is 23.7. The molecule has 3 aromatic rings. The monoisotopic (exact) mass is 500 g/mol. The third-order valence-corrected chi connectivity index (χ3v) is 6.69. The molecule has 0 spiro atoms. The summed E-state index contributed by atoms with van der Waals surface area (Å²) in [6.45, 7) is 3.40. The molecule has 2 heterocycles. The maximum atomic E-state index is 12.8. The van der Waals surface area contributed by atoms with Crippen molar-refractivity contribution in [3.8, 4) is 11.3 Å². The molecule has 0 aliphatic carbocycles. The van der Waals surface area contributed by atoms with Gasteiger partial charge in [0.1, 0.15) is 18.1 Å². The van der Waals surface area contributed by atoms with Crippen LogP contribution in [0.15, 0.2) is 57.9 Å². The van der Waals surface area contributed by atoms with E-state index in [2.05, 4.69) is 5.32 Å². The lowest BCUT2D eigenvalue weighted by atomic mass is 10.1. The van der Waals surface area contributed by atoms with E-state index in [4.69, 9.17) is 27.6 Å². The molecule has 0 bridgehead atoms. The predicted molar refractivity (Wildman–Crippen MR) is 131 cm³/mol. The fourth-order valence-corrected chi connectivity index (χ4v) is 4.45. The van der Waals surface area contributed by atoms with Crippen LogP contribution in [0.2, 0.25) is 10.0 Å². The Hall–Kier alpha value is -3.00. The second kappa shape index (κ2) is 9.47. The first-order valence-corrected chi connectivity index (χ1v) is 11.5. The van der Waals surface area contributed by atoms with E-state index in [1.807, 2.05) is 32.0 Å². The van der Waals surface area contributed by atoms with E-state index in [0.717, 1.165) is 27.8 Å². The number of hydrogen-bond acceptors (Lipinski definition) is 5. The van der Waals surface area contributed by atoms with Crippen LogP contribution in [0, 0.1) is 13.8 Å². The summed E-state index contributed by atoms with van der Waals surface area (Å²) in [6.07, 6.45) is 1.47. The van der Waals surface area contributed by atoms with Gasteiger partial charge < -0.3 is 9.73 Å². The van der Waals surface area contributed by atoms with Gasteiger partial charge in [0.05, 0.1) is 15.0 Å². The fourth-order valence-electron chi connectivity index (χ4n) is 3.24. The van der Waals surface area contributed by atoms with Crippen LogP contribution in [0.1, 0.15) is 16.9 Å². The number of hydrogen-bond donors (Lipinski definition) is 1. The molecule has 1 N–H and O–H groups in total. The summed E-state index contributed by atoms with van der Waals surface area (Å²) in [5.74, 6) is -0.171. The van der Waals surface area contributed by atoms with Crippen LogP contribution >= 0.6 is 35.0 Å². The van der Waals surface area contributed by atoms with E-state index in [9.17, 15) is 14.4 Å². The molecule has 0 atom stereocenters. The Morgan fingerprint density at radius 3 is 2.70 bits per heavy atom. The number of halogens is 2. The number of benzene rings is 2. The lowest BCUT2D eigenvalue weighted by molar-refractivity contribution is -0.127. The number of imide groups is 1. The van der Waals surface area contributed by atoms with E-state index in [1.54, 1.807) is 30.3 Å². The first-order valence-electron chi connectivity index (χ1n) is 9.89. The lowest BCUT2D eigenvalue weighted by Crippen LogP contribution is -2.36. The molecule has 2 aromatic carbocycles. The van der Waals surface area contributed by atoms with Crippen molar-refractivity contribution in [2.45, 2.75) is 13.8 Å². The SMILES string of the molecule is Cc1ccc(C)c(NC(=O)CN2C(=O)S/C(=C/c3ccc(-c4cccc(Cl)c4Cl)o3)C2=O)c1. The van der Waals surface area contributed by atoms with Gasteiger partial charge in [-0.25, -0.2) is 0 Å². The van der Waals surface area contributed by atoms with Crippen LogP contribution in [-0.4, -0.2) is 28.5 Å². The molecule has 4 rings (SSSR count). The minimum absolute atomic E-state index is 0.164. The summed E-state index contributed by atoms with van der Waals surface area (Å²) in [7, 11) is 0. The summed E-state index contributed by atoms with van der Waals surface area (Å²) in [5.41, 5.74) is 3.13. The van der Waals surface area contributed by atoms with Crippen LogP contribution in [0.25, 0.3) is 17.4 Å². The maximum absolute atomic E-state index is 12.8. The van der Waals surface area contributed by atoms with E-state index in [1.165, 1.54) is 6.08 Å². The van der Waals surface area contributed by atoms with Gasteiger partial charge in [-0.1, -0.05) is 41.4 Å². The number of nitrogens with one attached hydrogen (secondary N) is 1. The van der Waals surface area contributed by atoms with Crippen molar-refractivity contribution >= 4 is 63.8 Å². The lowest BCUT2D eigenvalue weighted by Gasteiger charge is -2.14. The first-order chi connectivity index (χ1) is 15.7. The molecule has 33 heavy (non-hydrogen) atoms. The minimum atomic E-state index is -0.556. The number of carbonyl (C=O) groups is 3. The molecule has 1 aliphatic rings. The van der Waals surface area contributed by atoms with Gasteiger partial charge in [-0.15, -0.1) is 0 Å². The Balaban J connectivity index is 1.48. The maximum Gasteiger partial charge on any atom is 0.294 e. The highest BCUT2D eigenvalue weighted by atomic mass is 35.5. The first kappa shape index (κ1) is 23.2. The summed E-state index contributed by atoms with van der Waals surface area (Å²) in [5, 5.41) is 2.99. The van der Waals surface area contributed by atoms with Gasteiger partial charge in [0, 0.05) is 17.3 Å². The minimum Gasteiger partial charge on any atom is -0.457 e. The topological polar surface area (TPSA) is 79.6 Å². The summed E-state index contributed by atoms with van der Waals surface area (Å²) < 4.78 is 5.78. The summed E-state index contributed by atoms with van der Waals surface area (Å²) >= 11 is 13.1. The highest BCUT2D eigenvalue weighted by molar-refractivity contribution is 8.18. The molecule has 0 unspecified atom stereocenters. The second-order valence-electron chi connectivity index (χ2n) is 7.44. The average Bonchev–Trinajstić information content (AvgIpc) is 3.33. The molecule has 1 saturated heterocycles. The van der Waals surface area contributed by atoms with Gasteiger partial charge in [-0.3, -0.25) is 19.3 Å². The van der Waals surface area contributed by atoms with Crippen molar-refractivity contribution < 1.29 is 18.8 Å². The second-order valence-corrected chi connectivity index (χ2v) is 9.22. The van der Waals surface area contributed by atoms with Crippen molar-refractivity contribution in [2.24, 2.45) is 0 Å². The molecule has 1 aromatic heterocycles. The number of amides is 3. The van der Waals surface area contributed by atoms with Crippen molar-refractivity contribution in [1.29, 1.82) is 0 Å². The van der Waals surface area contributed by atoms with E-state index < -0.39 is 17.1 Å². The highest BCUT2D eigenvalue weighted by Gasteiger charge is 2.36. The van der Waals surface area contributed by atoms with Crippen LogP contribution in [0.5, 0.6) is 0 Å². The van der Waals surface area contributed by atoms with Crippen LogP contribution in [0.4, 0.5) is 10.5 Å². The number of nitrogens with zero attached hydrogens (tertiary/aromatic N) is 1. The van der Waals surface area contributed by atoms with Crippen LogP contribution in [0.3, 0.4) is 0 Å². The molecule has 0 radical (unpaired) electrons. The molecule has 168 valence electrons. The molecular formula is C24H18Cl2N2O4S. The Labute approximate surface area is 204 Å². The molecular weight excluding hydrogens is 483 g/mol. The Morgan fingerprint density at radius 2 is 1.91 bits per heavy atom. The Bertz CT molecular complexity index is 1320. The largest absolute Gasteiger partial charge is 0.457 e. The number of anilines is 1. The Kier molecular flexibility index (Phi) is 6.65. The Morgan fingerprint density at radius 1 is 1.12 bits per heavy atom. The zero-order valence-electron chi connectivity index (χ0n) is 17.6. The van der Waals surface area contributed by atoms with Crippen LogP contribution in [-0.2, 0) is 9.59 Å². The van der Waals surface area contributed by atoms with Gasteiger partial charge in [-0.2, -0.15) is 0 Å². The highest BCUT2D eigenvalue weighted by Crippen LogP contribution is 2.36. The predicted octanol–water partition coefficient (Wildman–Crippen LogP) is 6.55. The van der Waals surface area contributed by atoms with E-state index >= 15 is 0 Å². The third kappa shape index (κ3) is 5.00. The fraction of sp³-hybridized carbons (Fsp3) is 0.125. The van der Waals surface area contributed by atoms with Gasteiger partial charge in [0.25, 0.3) is 11.1 Å². The molecule has 0 saturated carbocycles. The molecule has 1 fully saturated rings. The van der Waals surface area contributed by atoms with E-state index in [-0.39, 0.29) is 11.4 Å². The van der Waals surface area contributed by atoms with Gasteiger partial charge in [-0.05, 0) is 67.1 Å². The molecule has 3 amide bonds. The zero-order valence-corrected chi connectivity index (χ0v) is 20.0. The summed E-state index contributed by atoms with van der Waals surface area (Å²) in [6, 6.07) is 14.2. The van der Waals surface area contributed by atoms with Crippen molar-refractivity contribution in [3.63, 3.8) is 0 Å². The van der Waals surface area contributed by atoms with Crippen molar-refractivity contribution in [2.75, 3.05) is 11.9 Å². The van der Waals surface area contributed by atoms with Crippen molar-refractivity contribution in [1.82, 2.24) is 4.90 Å². The molecule has 6 nitrogen and oxygen atoms in total. The van der Waals surface area contributed by atoms with Gasteiger partial charge in [0.15, 0.2) is 0 Å². The van der Waals surface area contributed by atoms with E-state index in [0.29, 0.717) is 32.8 Å². The summed E-state index contributed by atoms with van der Waals surface area (Å²) in [4.78, 5) is 38.7. The normalized spacial score (nSPS) is 14.9. The molecule has 9 heteroatoms. The van der Waals surface area contributed by atoms with Gasteiger partial charge in [0.2, 0.25) is 5.91 Å². The number of rotatable bonds is 5. The van der Waals surface area contributed by atoms with Crippen LogP contribution < -0.4 is 5.32 Å². The van der Waals surface area contributed by atoms with Gasteiger partial charge >= 0.3 is 0 Å². The quantitative estimate of drug-likeness (QED) is 0.402. The average molecular weight is 501 g/mol. The third-order valence-electron chi connectivity index (χ3n) is 4.96. The smallest absolute Gasteiger partial charge is 0.294 e. The molecule has 1 aliphatic heterocycles. The standard InChI is InChI=1S/C24H18Cl2N2O4S/c1-13-6-7-14(2)18(10-13)27-21(29)12-28-23(30)20(33-24(28)31)11-15-8-9-19(32-15)16-4-3-5-17(25)22(16)26/h3-11H,12H2,1-2H3,(H,27,29)/b20-11+. The number of carbonyl (C=O) groups excluding carboxylic acids is 3.